The molecular formula is C17H21N3O2. The van der Waals surface area contributed by atoms with Gasteiger partial charge in [0.15, 0.2) is 0 Å². The fourth-order valence-corrected chi connectivity index (χ4v) is 2.88. The molecule has 1 saturated carbocycles. The average Bonchev–Trinajstić information content (AvgIpc) is 2.96. The van der Waals surface area contributed by atoms with Crippen LogP contribution in [-0.2, 0) is 0 Å². The van der Waals surface area contributed by atoms with Crippen molar-refractivity contribution >= 4 is 5.91 Å². The molecule has 0 atom stereocenters. The summed E-state index contributed by atoms with van der Waals surface area (Å²) in [4.78, 5) is 12.3. The van der Waals surface area contributed by atoms with E-state index in [0.717, 1.165) is 37.1 Å². The highest BCUT2D eigenvalue weighted by molar-refractivity contribution is 5.94. The Bertz CT molecular complexity index is 640. The largest absolute Gasteiger partial charge is 0.393 e. The second-order valence-electron chi connectivity index (χ2n) is 5.91. The first-order valence-corrected chi connectivity index (χ1v) is 7.73. The fourth-order valence-electron chi connectivity index (χ4n) is 2.88. The second kappa shape index (κ2) is 6.32. The van der Waals surface area contributed by atoms with Gasteiger partial charge in [-0.1, -0.05) is 0 Å². The third-order valence-electron chi connectivity index (χ3n) is 4.24. The first-order chi connectivity index (χ1) is 10.6. The van der Waals surface area contributed by atoms with Gasteiger partial charge in [-0.05, 0) is 62.9 Å². The van der Waals surface area contributed by atoms with Crippen molar-refractivity contribution in [1.29, 1.82) is 0 Å². The Balaban J connectivity index is 1.65. The zero-order chi connectivity index (χ0) is 15.5. The molecule has 1 aromatic carbocycles. The van der Waals surface area contributed by atoms with Crippen molar-refractivity contribution in [1.82, 2.24) is 15.1 Å². The fraction of sp³-hybridized carbons (Fsp3) is 0.412. The summed E-state index contributed by atoms with van der Waals surface area (Å²) in [6.07, 6.45) is 4.78. The molecule has 1 aliphatic rings. The van der Waals surface area contributed by atoms with Gasteiger partial charge in [-0.15, -0.1) is 0 Å². The molecule has 0 aliphatic heterocycles. The number of hydrogen-bond donors (Lipinski definition) is 2. The second-order valence-corrected chi connectivity index (χ2v) is 5.91. The SMILES string of the molecule is Cc1ccnn1-c1ccc(C(=O)NC2CCC(O)CC2)cc1. The highest BCUT2D eigenvalue weighted by atomic mass is 16.3. The number of amides is 1. The lowest BCUT2D eigenvalue weighted by atomic mass is 9.93. The summed E-state index contributed by atoms with van der Waals surface area (Å²) in [6, 6.07) is 9.56. The standard InChI is InChI=1S/C17H21N3O2/c1-12-10-11-18-20(12)15-6-2-13(3-7-15)17(22)19-14-4-8-16(21)9-5-14/h2-3,6-7,10-11,14,16,21H,4-5,8-9H2,1H3,(H,19,22). The number of carbonyl (C=O) groups is 1. The minimum absolute atomic E-state index is 0.0508. The maximum Gasteiger partial charge on any atom is 0.251 e. The molecule has 1 heterocycles. The topological polar surface area (TPSA) is 67.2 Å². The predicted molar refractivity (Wildman–Crippen MR) is 84.0 cm³/mol. The minimum Gasteiger partial charge on any atom is -0.393 e. The van der Waals surface area contributed by atoms with Crippen LogP contribution in [0.2, 0.25) is 0 Å². The van der Waals surface area contributed by atoms with Crippen molar-refractivity contribution in [3.05, 3.63) is 47.8 Å². The molecule has 0 radical (unpaired) electrons. The van der Waals surface area contributed by atoms with Crippen LogP contribution in [0.1, 0.15) is 41.7 Å². The third kappa shape index (κ3) is 3.20. The van der Waals surface area contributed by atoms with E-state index in [0.29, 0.717) is 5.56 Å². The molecule has 0 bridgehead atoms. The van der Waals surface area contributed by atoms with Gasteiger partial charge >= 0.3 is 0 Å². The van der Waals surface area contributed by atoms with Crippen LogP contribution in [0, 0.1) is 6.92 Å². The molecule has 116 valence electrons. The van der Waals surface area contributed by atoms with Gasteiger partial charge in [-0.3, -0.25) is 4.79 Å². The van der Waals surface area contributed by atoms with Crippen LogP contribution in [0.25, 0.3) is 5.69 Å². The van der Waals surface area contributed by atoms with Gasteiger partial charge in [0, 0.05) is 23.5 Å². The Morgan fingerprint density at radius 3 is 2.45 bits per heavy atom. The lowest BCUT2D eigenvalue weighted by Crippen LogP contribution is -2.38. The molecule has 2 N–H and O–H groups in total. The molecule has 5 heteroatoms. The van der Waals surface area contributed by atoms with Crippen molar-refractivity contribution in [3.8, 4) is 5.69 Å². The summed E-state index contributed by atoms with van der Waals surface area (Å²) in [5, 5.41) is 16.8. The van der Waals surface area contributed by atoms with E-state index in [1.165, 1.54) is 0 Å². The van der Waals surface area contributed by atoms with E-state index < -0.39 is 0 Å². The first kappa shape index (κ1) is 14.8. The quantitative estimate of drug-likeness (QED) is 0.913. The number of aromatic nitrogens is 2. The summed E-state index contributed by atoms with van der Waals surface area (Å²) in [5.74, 6) is -0.0508. The highest BCUT2D eigenvalue weighted by Crippen LogP contribution is 2.19. The summed E-state index contributed by atoms with van der Waals surface area (Å²) in [6.45, 7) is 1.99. The number of benzene rings is 1. The normalized spacial score (nSPS) is 21.5. The molecule has 1 fully saturated rings. The van der Waals surface area contributed by atoms with Crippen molar-refractivity contribution in [2.45, 2.75) is 44.8 Å². The molecule has 1 aromatic heterocycles. The van der Waals surface area contributed by atoms with E-state index in [1.807, 2.05) is 41.9 Å². The maximum absolute atomic E-state index is 12.3. The van der Waals surface area contributed by atoms with Crippen LogP contribution in [0.15, 0.2) is 36.5 Å². The number of aliphatic hydroxyl groups is 1. The van der Waals surface area contributed by atoms with Crippen LogP contribution in [0.5, 0.6) is 0 Å². The predicted octanol–water partition coefficient (Wildman–Crippen LogP) is 2.21. The molecule has 1 aliphatic carbocycles. The summed E-state index contributed by atoms with van der Waals surface area (Å²) < 4.78 is 1.84. The van der Waals surface area contributed by atoms with Crippen molar-refractivity contribution < 1.29 is 9.90 Å². The Hall–Kier alpha value is -2.14. The van der Waals surface area contributed by atoms with Gasteiger partial charge in [0.1, 0.15) is 0 Å². The van der Waals surface area contributed by atoms with Gasteiger partial charge in [0.05, 0.1) is 11.8 Å². The average molecular weight is 299 g/mol. The number of hydrogen-bond acceptors (Lipinski definition) is 3. The molecule has 1 amide bonds. The van der Waals surface area contributed by atoms with E-state index in [1.54, 1.807) is 6.20 Å². The molecule has 2 aromatic rings. The summed E-state index contributed by atoms with van der Waals surface area (Å²) in [7, 11) is 0. The van der Waals surface area contributed by atoms with Gasteiger partial charge in [0.25, 0.3) is 5.91 Å². The smallest absolute Gasteiger partial charge is 0.251 e. The van der Waals surface area contributed by atoms with Crippen LogP contribution in [-0.4, -0.2) is 32.9 Å². The molecular weight excluding hydrogens is 278 g/mol. The zero-order valence-corrected chi connectivity index (χ0v) is 12.7. The third-order valence-corrected chi connectivity index (χ3v) is 4.24. The maximum atomic E-state index is 12.3. The van der Waals surface area contributed by atoms with Crippen LogP contribution >= 0.6 is 0 Å². The van der Waals surface area contributed by atoms with Gasteiger partial charge < -0.3 is 10.4 Å². The van der Waals surface area contributed by atoms with E-state index in [2.05, 4.69) is 10.4 Å². The number of aryl methyl sites for hydroxylation is 1. The number of aliphatic hydroxyl groups excluding tert-OH is 1. The Morgan fingerprint density at radius 1 is 1.18 bits per heavy atom. The lowest BCUT2D eigenvalue weighted by Gasteiger charge is -2.26. The number of nitrogens with zero attached hydrogens (tertiary/aromatic N) is 2. The van der Waals surface area contributed by atoms with Crippen LogP contribution in [0.4, 0.5) is 0 Å². The van der Waals surface area contributed by atoms with Crippen molar-refractivity contribution in [2.24, 2.45) is 0 Å². The molecule has 0 saturated heterocycles. The van der Waals surface area contributed by atoms with Crippen molar-refractivity contribution in [3.63, 3.8) is 0 Å². The Kier molecular flexibility index (Phi) is 4.24. The van der Waals surface area contributed by atoms with Gasteiger partial charge in [-0.2, -0.15) is 5.10 Å². The zero-order valence-electron chi connectivity index (χ0n) is 12.7. The Morgan fingerprint density at radius 2 is 1.86 bits per heavy atom. The number of rotatable bonds is 3. The van der Waals surface area contributed by atoms with Gasteiger partial charge in [-0.25, -0.2) is 4.68 Å². The van der Waals surface area contributed by atoms with E-state index in [4.69, 9.17) is 0 Å². The van der Waals surface area contributed by atoms with E-state index in [-0.39, 0.29) is 18.1 Å². The van der Waals surface area contributed by atoms with E-state index >= 15 is 0 Å². The van der Waals surface area contributed by atoms with Gasteiger partial charge in [0.2, 0.25) is 0 Å². The number of carbonyl (C=O) groups excluding carboxylic acids is 1. The molecule has 0 unspecified atom stereocenters. The summed E-state index contributed by atoms with van der Waals surface area (Å²) in [5.41, 5.74) is 2.65. The minimum atomic E-state index is -0.204. The first-order valence-electron chi connectivity index (χ1n) is 7.73. The molecule has 22 heavy (non-hydrogen) atoms. The Labute approximate surface area is 130 Å². The monoisotopic (exact) mass is 299 g/mol. The number of nitrogens with one attached hydrogen (secondary N) is 1. The summed E-state index contributed by atoms with van der Waals surface area (Å²) >= 11 is 0. The highest BCUT2D eigenvalue weighted by Gasteiger charge is 2.21. The van der Waals surface area contributed by atoms with E-state index in [9.17, 15) is 9.90 Å². The van der Waals surface area contributed by atoms with Crippen molar-refractivity contribution in [2.75, 3.05) is 0 Å². The van der Waals surface area contributed by atoms with Crippen LogP contribution < -0.4 is 5.32 Å². The molecule has 5 nitrogen and oxygen atoms in total. The molecule has 3 rings (SSSR count). The molecule has 0 spiro atoms. The lowest BCUT2D eigenvalue weighted by molar-refractivity contribution is 0.0867. The van der Waals surface area contributed by atoms with Crippen LogP contribution in [0.3, 0.4) is 0 Å².